The molecule has 0 unspecified atom stereocenters. The normalized spacial score (nSPS) is 25.9. The minimum Gasteiger partial charge on any atom is -0.385 e. The molecule has 2 amide bonds. The fraction of sp³-hybridized carbons (Fsp3) is 0.882. The molecule has 0 aromatic heterocycles. The van der Waals surface area contributed by atoms with Gasteiger partial charge >= 0.3 is 0 Å². The van der Waals surface area contributed by atoms with E-state index in [0.29, 0.717) is 31.7 Å². The Hall–Kier alpha value is -1.18. The van der Waals surface area contributed by atoms with Gasteiger partial charge in [-0.2, -0.15) is 0 Å². The van der Waals surface area contributed by atoms with E-state index in [1.54, 1.807) is 14.0 Å². The van der Waals surface area contributed by atoms with Crippen LogP contribution in [0.2, 0.25) is 0 Å². The highest BCUT2D eigenvalue weighted by atomic mass is 16.5. The van der Waals surface area contributed by atoms with Crippen LogP contribution in [-0.4, -0.2) is 98.6 Å². The summed E-state index contributed by atoms with van der Waals surface area (Å²) in [6, 6.07) is 0.486. The molecule has 0 saturated carbocycles. The Bertz CT molecular complexity index is 424. The second kappa shape index (κ2) is 9.34. The lowest BCUT2D eigenvalue weighted by Crippen LogP contribution is -2.53. The first-order chi connectivity index (χ1) is 11.5. The van der Waals surface area contributed by atoms with E-state index in [2.05, 4.69) is 22.0 Å². The van der Waals surface area contributed by atoms with Crippen LogP contribution in [0.3, 0.4) is 0 Å². The highest BCUT2D eigenvalue weighted by molar-refractivity contribution is 5.78. The van der Waals surface area contributed by atoms with E-state index in [1.807, 2.05) is 4.90 Å². The van der Waals surface area contributed by atoms with E-state index >= 15 is 0 Å². The van der Waals surface area contributed by atoms with Crippen LogP contribution in [-0.2, 0) is 14.3 Å². The van der Waals surface area contributed by atoms with Gasteiger partial charge in [0.1, 0.15) is 0 Å². The molecule has 7 nitrogen and oxygen atoms in total. The Kier molecular flexibility index (Phi) is 7.45. The number of hydrogen-bond donors (Lipinski definition) is 1. The molecule has 0 aromatic rings. The van der Waals surface area contributed by atoms with Crippen molar-refractivity contribution in [2.75, 3.05) is 66.1 Å². The van der Waals surface area contributed by atoms with Gasteiger partial charge in [0.25, 0.3) is 0 Å². The molecule has 2 rings (SSSR count). The number of rotatable bonds is 7. The molecule has 1 N–H and O–H groups in total. The SMILES string of the molecule is COCCCNC(=O)CN1C[C@@H](N2CCN(C(C)=O)CC2)[C@@H](C)C1. The van der Waals surface area contributed by atoms with Crippen LogP contribution in [0.15, 0.2) is 0 Å². The van der Waals surface area contributed by atoms with Gasteiger partial charge in [0.15, 0.2) is 0 Å². The number of carbonyl (C=O) groups excluding carboxylic acids is 2. The zero-order valence-electron chi connectivity index (χ0n) is 15.3. The third kappa shape index (κ3) is 5.43. The quantitative estimate of drug-likeness (QED) is 0.640. The van der Waals surface area contributed by atoms with E-state index in [1.165, 1.54) is 0 Å². The average Bonchev–Trinajstić information content (AvgIpc) is 2.92. The van der Waals surface area contributed by atoms with Crippen molar-refractivity contribution in [3.05, 3.63) is 0 Å². The molecule has 0 bridgehead atoms. The molecule has 24 heavy (non-hydrogen) atoms. The number of nitrogens with one attached hydrogen (secondary N) is 1. The van der Waals surface area contributed by atoms with Crippen LogP contribution in [0.1, 0.15) is 20.3 Å². The smallest absolute Gasteiger partial charge is 0.234 e. The molecule has 2 atom stereocenters. The zero-order valence-corrected chi connectivity index (χ0v) is 15.3. The highest BCUT2D eigenvalue weighted by Gasteiger charge is 2.35. The zero-order chi connectivity index (χ0) is 17.5. The number of amides is 2. The van der Waals surface area contributed by atoms with Crippen LogP contribution in [0, 0.1) is 5.92 Å². The Morgan fingerprint density at radius 3 is 2.50 bits per heavy atom. The summed E-state index contributed by atoms with van der Waals surface area (Å²) < 4.78 is 4.98. The third-order valence-corrected chi connectivity index (χ3v) is 5.09. The molecule has 2 saturated heterocycles. The topological polar surface area (TPSA) is 65.1 Å². The van der Waals surface area contributed by atoms with Crippen LogP contribution in [0.4, 0.5) is 0 Å². The first-order valence-corrected chi connectivity index (χ1v) is 8.98. The van der Waals surface area contributed by atoms with Gasteiger partial charge in [0, 0.05) is 72.5 Å². The van der Waals surface area contributed by atoms with Crippen molar-refractivity contribution in [3.63, 3.8) is 0 Å². The summed E-state index contributed by atoms with van der Waals surface area (Å²) in [5.41, 5.74) is 0. The van der Waals surface area contributed by atoms with Gasteiger partial charge in [0.05, 0.1) is 6.54 Å². The van der Waals surface area contributed by atoms with E-state index in [0.717, 1.165) is 45.7 Å². The van der Waals surface area contributed by atoms with Crippen molar-refractivity contribution in [3.8, 4) is 0 Å². The molecule has 0 spiro atoms. The molecule has 7 heteroatoms. The van der Waals surface area contributed by atoms with E-state index in [9.17, 15) is 9.59 Å². The van der Waals surface area contributed by atoms with Crippen molar-refractivity contribution < 1.29 is 14.3 Å². The summed E-state index contributed by atoms with van der Waals surface area (Å²) in [7, 11) is 1.67. The molecule has 2 aliphatic heterocycles. The van der Waals surface area contributed by atoms with Crippen LogP contribution < -0.4 is 5.32 Å². The second-order valence-corrected chi connectivity index (χ2v) is 6.98. The van der Waals surface area contributed by atoms with Crippen LogP contribution >= 0.6 is 0 Å². The maximum Gasteiger partial charge on any atom is 0.234 e. The molecule has 138 valence electrons. The first-order valence-electron chi connectivity index (χ1n) is 8.98. The summed E-state index contributed by atoms with van der Waals surface area (Å²) in [5, 5.41) is 2.95. The summed E-state index contributed by atoms with van der Waals surface area (Å²) in [6.45, 7) is 11.1. The first kappa shape index (κ1) is 19.1. The van der Waals surface area contributed by atoms with Crippen LogP contribution in [0.5, 0.6) is 0 Å². The van der Waals surface area contributed by atoms with Crippen molar-refractivity contribution >= 4 is 11.8 Å². The molecule has 2 aliphatic rings. The number of hydrogen-bond acceptors (Lipinski definition) is 5. The lowest BCUT2D eigenvalue weighted by atomic mass is 10.0. The number of carbonyl (C=O) groups is 2. The molecule has 0 radical (unpaired) electrons. The Morgan fingerprint density at radius 1 is 1.17 bits per heavy atom. The van der Waals surface area contributed by atoms with E-state index in [4.69, 9.17) is 4.74 Å². The van der Waals surface area contributed by atoms with Gasteiger partial charge in [-0.1, -0.05) is 6.92 Å². The molecular formula is C17H32N4O3. The highest BCUT2D eigenvalue weighted by Crippen LogP contribution is 2.22. The summed E-state index contributed by atoms with van der Waals surface area (Å²) >= 11 is 0. The second-order valence-electron chi connectivity index (χ2n) is 6.98. The molecular weight excluding hydrogens is 308 g/mol. The van der Waals surface area contributed by atoms with Gasteiger partial charge in [0.2, 0.25) is 11.8 Å². The van der Waals surface area contributed by atoms with Crippen molar-refractivity contribution in [2.45, 2.75) is 26.3 Å². The van der Waals surface area contributed by atoms with Crippen molar-refractivity contribution in [2.24, 2.45) is 5.92 Å². The average molecular weight is 340 g/mol. The predicted molar refractivity (Wildman–Crippen MR) is 92.7 cm³/mol. The maximum absolute atomic E-state index is 12.0. The molecule has 0 aromatic carbocycles. The predicted octanol–water partition coefficient (Wildman–Crippen LogP) is -0.376. The standard InChI is InChI=1S/C17H32N4O3/c1-14-11-19(13-17(23)18-5-4-10-24-3)12-16(14)21-8-6-20(7-9-21)15(2)22/h14,16H,4-13H2,1-3H3,(H,18,23)/t14-,16+/m0/s1. The number of likely N-dealkylation sites (tertiary alicyclic amines) is 1. The number of methoxy groups -OCH3 is 1. The lowest BCUT2D eigenvalue weighted by Gasteiger charge is -2.39. The summed E-state index contributed by atoms with van der Waals surface area (Å²) in [4.78, 5) is 30.1. The van der Waals surface area contributed by atoms with Gasteiger partial charge < -0.3 is 15.0 Å². The Labute approximate surface area is 145 Å². The monoisotopic (exact) mass is 340 g/mol. The summed E-state index contributed by atoms with van der Waals surface area (Å²) in [6.07, 6.45) is 0.849. The maximum atomic E-state index is 12.0. The number of nitrogens with zero attached hydrogens (tertiary/aromatic N) is 3. The van der Waals surface area contributed by atoms with E-state index in [-0.39, 0.29) is 11.8 Å². The Morgan fingerprint density at radius 2 is 1.88 bits per heavy atom. The summed E-state index contributed by atoms with van der Waals surface area (Å²) in [5.74, 6) is 0.816. The van der Waals surface area contributed by atoms with Gasteiger partial charge in [-0.05, 0) is 12.3 Å². The van der Waals surface area contributed by atoms with E-state index < -0.39 is 0 Å². The third-order valence-electron chi connectivity index (χ3n) is 5.09. The van der Waals surface area contributed by atoms with Gasteiger partial charge in [-0.25, -0.2) is 0 Å². The van der Waals surface area contributed by atoms with Gasteiger partial charge in [-0.15, -0.1) is 0 Å². The van der Waals surface area contributed by atoms with Crippen molar-refractivity contribution in [1.82, 2.24) is 20.0 Å². The minimum absolute atomic E-state index is 0.0975. The minimum atomic E-state index is 0.0975. The van der Waals surface area contributed by atoms with Crippen LogP contribution in [0.25, 0.3) is 0 Å². The molecule has 2 fully saturated rings. The van der Waals surface area contributed by atoms with Crippen molar-refractivity contribution in [1.29, 1.82) is 0 Å². The molecule has 2 heterocycles. The largest absolute Gasteiger partial charge is 0.385 e. The number of ether oxygens (including phenoxy) is 1. The lowest BCUT2D eigenvalue weighted by molar-refractivity contribution is -0.131. The number of piperazine rings is 1. The van der Waals surface area contributed by atoms with Gasteiger partial charge in [-0.3, -0.25) is 19.4 Å². The Balaban J connectivity index is 1.72. The fourth-order valence-electron chi connectivity index (χ4n) is 3.72. The fourth-order valence-corrected chi connectivity index (χ4v) is 3.72. The molecule has 0 aliphatic carbocycles.